The maximum Gasteiger partial charge on any atom is 0.229 e. The minimum Gasteiger partial charge on any atom is -0.327 e. The summed E-state index contributed by atoms with van der Waals surface area (Å²) in [5, 5.41) is 7.14. The summed E-state index contributed by atoms with van der Waals surface area (Å²) in [7, 11) is 0. The first-order valence-electron chi connectivity index (χ1n) is 6.90. The van der Waals surface area contributed by atoms with Crippen molar-refractivity contribution < 1.29 is 4.79 Å². The molecule has 3 rings (SSSR count). The van der Waals surface area contributed by atoms with E-state index in [2.05, 4.69) is 10.4 Å². The molecule has 0 aliphatic heterocycles. The van der Waals surface area contributed by atoms with E-state index in [4.69, 9.17) is 5.73 Å². The molecule has 1 amide bonds. The summed E-state index contributed by atoms with van der Waals surface area (Å²) in [5.41, 5.74) is 7.67. The van der Waals surface area contributed by atoms with Gasteiger partial charge >= 0.3 is 0 Å². The number of carbonyl (C=O) groups excluding carboxylic acids is 1. The molecule has 2 atom stereocenters. The maximum atomic E-state index is 12.2. The van der Waals surface area contributed by atoms with E-state index in [1.165, 1.54) is 0 Å². The van der Waals surface area contributed by atoms with Gasteiger partial charge in [-0.15, -0.1) is 12.4 Å². The fourth-order valence-electron chi connectivity index (χ4n) is 2.70. The van der Waals surface area contributed by atoms with E-state index in [0.717, 1.165) is 30.6 Å². The third-order valence-corrected chi connectivity index (χ3v) is 3.79. The van der Waals surface area contributed by atoms with Crippen LogP contribution in [0.1, 0.15) is 19.3 Å². The molecule has 21 heavy (non-hydrogen) atoms. The van der Waals surface area contributed by atoms with Crippen molar-refractivity contribution >= 4 is 24.0 Å². The lowest BCUT2D eigenvalue weighted by atomic mass is 10.0. The monoisotopic (exact) mass is 306 g/mol. The van der Waals surface area contributed by atoms with E-state index in [1.54, 1.807) is 10.9 Å². The second-order valence-corrected chi connectivity index (χ2v) is 5.19. The molecule has 1 heterocycles. The third kappa shape index (κ3) is 3.43. The number of nitrogens with one attached hydrogen (secondary N) is 1. The van der Waals surface area contributed by atoms with Gasteiger partial charge in [0, 0.05) is 24.1 Å². The molecule has 1 aliphatic carbocycles. The second kappa shape index (κ2) is 6.74. The largest absolute Gasteiger partial charge is 0.327 e. The number of amides is 1. The Kier molecular flexibility index (Phi) is 4.98. The molecule has 1 aliphatic rings. The van der Waals surface area contributed by atoms with Crippen LogP contribution in [0.15, 0.2) is 42.7 Å². The predicted molar refractivity (Wildman–Crippen MR) is 84.8 cm³/mol. The molecule has 3 N–H and O–H groups in total. The van der Waals surface area contributed by atoms with Crippen LogP contribution in [0.3, 0.4) is 0 Å². The summed E-state index contributed by atoms with van der Waals surface area (Å²) in [6, 6.07) is 9.49. The Hall–Kier alpha value is -1.85. The molecule has 1 aromatic carbocycles. The Morgan fingerprint density at radius 3 is 2.86 bits per heavy atom. The van der Waals surface area contributed by atoms with Gasteiger partial charge in [-0.2, -0.15) is 5.10 Å². The minimum atomic E-state index is -0.0663. The van der Waals surface area contributed by atoms with Gasteiger partial charge in [-0.25, -0.2) is 4.68 Å². The van der Waals surface area contributed by atoms with Gasteiger partial charge in [0.1, 0.15) is 0 Å². The Morgan fingerprint density at radius 2 is 2.19 bits per heavy atom. The van der Waals surface area contributed by atoms with E-state index >= 15 is 0 Å². The zero-order valence-electron chi connectivity index (χ0n) is 11.6. The highest BCUT2D eigenvalue weighted by Crippen LogP contribution is 2.25. The fraction of sp³-hybridized carbons (Fsp3) is 0.333. The van der Waals surface area contributed by atoms with Crippen LogP contribution in [0.5, 0.6) is 0 Å². The molecule has 5 nitrogen and oxygen atoms in total. The molecule has 0 saturated heterocycles. The number of benzene rings is 1. The minimum absolute atomic E-state index is 0. The molecular weight excluding hydrogens is 288 g/mol. The lowest BCUT2D eigenvalue weighted by Gasteiger charge is -2.15. The summed E-state index contributed by atoms with van der Waals surface area (Å²) in [6.45, 7) is 0. The Morgan fingerprint density at radius 1 is 1.33 bits per heavy atom. The molecule has 0 bridgehead atoms. The first-order chi connectivity index (χ1) is 9.74. The van der Waals surface area contributed by atoms with Crippen molar-refractivity contribution in [2.45, 2.75) is 25.3 Å². The van der Waals surface area contributed by atoms with Crippen molar-refractivity contribution in [3.8, 4) is 5.69 Å². The van der Waals surface area contributed by atoms with Gasteiger partial charge in [0.15, 0.2) is 0 Å². The molecule has 2 aromatic rings. The van der Waals surface area contributed by atoms with Crippen molar-refractivity contribution in [2.75, 3.05) is 5.32 Å². The van der Waals surface area contributed by atoms with Gasteiger partial charge in [0.2, 0.25) is 5.91 Å². The van der Waals surface area contributed by atoms with E-state index in [-0.39, 0.29) is 30.3 Å². The lowest BCUT2D eigenvalue weighted by Crippen LogP contribution is -2.34. The summed E-state index contributed by atoms with van der Waals surface area (Å²) in [5.74, 6) is -0.0454. The van der Waals surface area contributed by atoms with Crippen LogP contribution in [0.4, 0.5) is 5.69 Å². The quantitative estimate of drug-likeness (QED) is 0.914. The normalized spacial score (nSPS) is 20.8. The van der Waals surface area contributed by atoms with Crippen LogP contribution in [-0.4, -0.2) is 21.7 Å². The number of anilines is 1. The molecule has 1 fully saturated rings. The smallest absolute Gasteiger partial charge is 0.229 e. The second-order valence-electron chi connectivity index (χ2n) is 5.19. The van der Waals surface area contributed by atoms with E-state index in [9.17, 15) is 4.79 Å². The standard InChI is InChI=1S/C15H18N4O.ClH/c16-14-7-2-6-13(14)15(20)18-11-4-1-5-12(10-11)19-9-3-8-17-19;/h1,3-5,8-10,13-14H,2,6-7,16H2,(H,18,20);1H. The average molecular weight is 307 g/mol. The van der Waals surface area contributed by atoms with Gasteiger partial charge in [-0.1, -0.05) is 12.5 Å². The van der Waals surface area contributed by atoms with Gasteiger partial charge in [-0.05, 0) is 37.1 Å². The van der Waals surface area contributed by atoms with Gasteiger partial charge in [0.05, 0.1) is 11.6 Å². The average Bonchev–Trinajstić information content (AvgIpc) is 3.09. The predicted octanol–water partition coefficient (Wildman–Crippen LogP) is 2.36. The molecule has 112 valence electrons. The molecule has 1 aromatic heterocycles. The van der Waals surface area contributed by atoms with Crippen LogP contribution in [0, 0.1) is 5.92 Å². The number of hydrogen-bond acceptors (Lipinski definition) is 3. The number of halogens is 1. The van der Waals surface area contributed by atoms with Crippen LogP contribution >= 0.6 is 12.4 Å². The Bertz CT molecular complexity index is 599. The molecular formula is C15H19ClN4O. The maximum absolute atomic E-state index is 12.2. The van der Waals surface area contributed by atoms with Crippen molar-refractivity contribution in [3.05, 3.63) is 42.7 Å². The Balaban J connectivity index is 0.00000161. The van der Waals surface area contributed by atoms with Crippen LogP contribution in [-0.2, 0) is 4.79 Å². The number of carbonyl (C=O) groups is 1. The van der Waals surface area contributed by atoms with Gasteiger partial charge in [0.25, 0.3) is 0 Å². The summed E-state index contributed by atoms with van der Waals surface area (Å²) in [6.07, 6.45) is 6.44. The summed E-state index contributed by atoms with van der Waals surface area (Å²) < 4.78 is 1.76. The van der Waals surface area contributed by atoms with Gasteiger partial charge < -0.3 is 11.1 Å². The van der Waals surface area contributed by atoms with Crippen molar-refractivity contribution in [2.24, 2.45) is 11.7 Å². The first kappa shape index (κ1) is 15.5. The number of nitrogens with two attached hydrogens (primary N) is 1. The Labute approximate surface area is 129 Å². The highest BCUT2D eigenvalue weighted by Gasteiger charge is 2.30. The highest BCUT2D eigenvalue weighted by molar-refractivity contribution is 5.93. The number of nitrogens with zero attached hydrogens (tertiary/aromatic N) is 2. The lowest BCUT2D eigenvalue weighted by molar-refractivity contribution is -0.120. The molecule has 6 heteroatoms. The van der Waals surface area contributed by atoms with Crippen molar-refractivity contribution in [1.29, 1.82) is 0 Å². The van der Waals surface area contributed by atoms with Crippen molar-refractivity contribution in [3.63, 3.8) is 0 Å². The molecule has 0 spiro atoms. The van der Waals surface area contributed by atoms with E-state index in [0.29, 0.717) is 0 Å². The third-order valence-electron chi connectivity index (χ3n) is 3.79. The first-order valence-corrected chi connectivity index (χ1v) is 6.90. The van der Waals surface area contributed by atoms with Crippen LogP contribution < -0.4 is 11.1 Å². The fourth-order valence-corrected chi connectivity index (χ4v) is 2.70. The molecule has 0 radical (unpaired) electrons. The molecule has 2 unspecified atom stereocenters. The van der Waals surface area contributed by atoms with Crippen molar-refractivity contribution in [1.82, 2.24) is 9.78 Å². The molecule has 1 saturated carbocycles. The number of hydrogen-bond donors (Lipinski definition) is 2. The van der Waals surface area contributed by atoms with Crippen LogP contribution in [0.25, 0.3) is 5.69 Å². The zero-order chi connectivity index (χ0) is 13.9. The summed E-state index contributed by atoms with van der Waals surface area (Å²) >= 11 is 0. The number of aromatic nitrogens is 2. The SMILES string of the molecule is Cl.NC1CCCC1C(=O)Nc1cccc(-n2cccn2)c1. The highest BCUT2D eigenvalue weighted by atomic mass is 35.5. The van der Waals surface area contributed by atoms with Crippen LogP contribution in [0.2, 0.25) is 0 Å². The topological polar surface area (TPSA) is 72.9 Å². The number of rotatable bonds is 3. The summed E-state index contributed by atoms with van der Waals surface area (Å²) in [4.78, 5) is 12.2. The van der Waals surface area contributed by atoms with Gasteiger partial charge in [-0.3, -0.25) is 4.79 Å². The zero-order valence-corrected chi connectivity index (χ0v) is 12.4. The van der Waals surface area contributed by atoms with E-state index < -0.39 is 0 Å². The van der Waals surface area contributed by atoms with E-state index in [1.807, 2.05) is 36.5 Å².